The fourth-order valence-electron chi connectivity index (χ4n) is 1.42. The molecular weight excluding hydrogens is 244 g/mol. The summed E-state index contributed by atoms with van der Waals surface area (Å²) >= 11 is 1.24. The number of rotatable bonds is 2. The minimum Gasteiger partial charge on any atom is -0.477 e. The van der Waals surface area contributed by atoms with Crippen molar-refractivity contribution in [3.63, 3.8) is 0 Å². The molecule has 1 fully saturated rings. The second kappa shape index (κ2) is 4.54. The Morgan fingerprint density at radius 2 is 1.94 bits per heavy atom. The summed E-state index contributed by atoms with van der Waals surface area (Å²) < 4.78 is 0. The maximum atomic E-state index is 11.6. The number of carbonyl (C=O) groups excluding carboxylic acids is 2. The van der Waals surface area contributed by atoms with Crippen molar-refractivity contribution in [3.8, 4) is 0 Å². The molecule has 1 N–H and O–H groups in total. The molecule has 6 nitrogen and oxygen atoms in total. The molecule has 1 aromatic rings. The number of carboxylic acid groups (broad SMARTS) is 1. The Bertz CT molecular complexity index is 487. The highest BCUT2D eigenvalue weighted by Crippen LogP contribution is 2.19. The van der Waals surface area contributed by atoms with Gasteiger partial charge >= 0.3 is 5.97 Å². The maximum Gasteiger partial charge on any atom is 0.354 e. The number of amides is 2. The topological polar surface area (TPSA) is 87.6 Å². The first-order valence-corrected chi connectivity index (χ1v) is 5.89. The highest BCUT2D eigenvalue weighted by molar-refractivity contribution is 8.00. The Kier molecular flexibility index (Phi) is 3.10. The molecule has 0 aliphatic carbocycles. The summed E-state index contributed by atoms with van der Waals surface area (Å²) in [6.07, 6.45) is 0. The molecule has 0 aromatic carbocycles. The first-order valence-electron chi connectivity index (χ1n) is 4.73. The summed E-state index contributed by atoms with van der Waals surface area (Å²) in [7, 11) is 0. The van der Waals surface area contributed by atoms with Crippen molar-refractivity contribution in [1.29, 1.82) is 0 Å². The fourth-order valence-corrected chi connectivity index (χ4v) is 2.13. The molecule has 88 valence electrons. The van der Waals surface area contributed by atoms with Crippen LogP contribution in [0.1, 0.15) is 10.5 Å². The molecule has 2 amide bonds. The molecule has 0 radical (unpaired) electrons. The molecule has 2 heterocycles. The lowest BCUT2D eigenvalue weighted by Gasteiger charge is -2.23. The maximum absolute atomic E-state index is 11.6. The van der Waals surface area contributed by atoms with Crippen molar-refractivity contribution >= 4 is 35.4 Å². The fraction of sp³-hybridized carbons (Fsp3) is 0.200. The van der Waals surface area contributed by atoms with Crippen LogP contribution in [0.5, 0.6) is 0 Å². The minimum atomic E-state index is -1.20. The van der Waals surface area contributed by atoms with E-state index in [1.54, 1.807) is 0 Å². The van der Waals surface area contributed by atoms with Gasteiger partial charge in [-0.2, -0.15) is 0 Å². The van der Waals surface area contributed by atoms with E-state index in [1.807, 2.05) is 0 Å². The molecule has 1 aliphatic rings. The third-order valence-electron chi connectivity index (χ3n) is 2.13. The monoisotopic (exact) mass is 252 g/mol. The molecule has 7 heteroatoms. The Morgan fingerprint density at radius 1 is 1.29 bits per heavy atom. The van der Waals surface area contributed by atoms with Crippen molar-refractivity contribution < 1.29 is 19.5 Å². The second-order valence-corrected chi connectivity index (χ2v) is 4.29. The van der Waals surface area contributed by atoms with E-state index in [1.165, 1.54) is 30.0 Å². The van der Waals surface area contributed by atoms with Crippen LogP contribution in [0, 0.1) is 0 Å². The molecule has 1 saturated heterocycles. The van der Waals surface area contributed by atoms with Crippen molar-refractivity contribution in [1.82, 2.24) is 4.98 Å². The van der Waals surface area contributed by atoms with Crippen molar-refractivity contribution in [3.05, 3.63) is 23.9 Å². The van der Waals surface area contributed by atoms with Crippen LogP contribution in [0.2, 0.25) is 0 Å². The number of pyridine rings is 1. The highest BCUT2D eigenvalue weighted by Gasteiger charge is 2.29. The molecule has 2 rings (SSSR count). The van der Waals surface area contributed by atoms with Crippen molar-refractivity contribution in [2.45, 2.75) is 0 Å². The van der Waals surface area contributed by atoms with Gasteiger partial charge in [0.15, 0.2) is 5.69 Å². The smallest absolute Gasteiger partial charge is 0.354 e. The van der Waals surface area contributed by atoms with Crippen molar-refractivity contribution in [2.24, 2.45) is 0 Å². The van der Waals surface area contributed by atoms with E-state index in [0.717, 1.165) is 4.90 Å². The molecule has 0 atom stereocenters. The van der Waals surface area contributed by atoms with E-state index < -0.39 is 5.97 Å². The molecule has 1 aromatic heterocycles. The standard InChI is InChI=1S/C10H8N2O4S/c13-8-4-17-5-9(14)12(8)7-3-1-2-6(11-7)10(15)16/h1-3H,4-5H2,(H,15,16). The summed E-state index contributed by atoms with van der Waals surface area (Å²) in [6.45, 7) is 0. The Labute approximate surface area is 101 Å². The quantitative estimate of drug-likeness (QED) is 0.766. The number of imide groups is 1. The number of hydrogen-bond donors (Lipinski definition) is 1. The predicted octanol–water partition coefficient (Wildman–Crippen LogP) is 0.386. The number of thioether (sulfide) groups is 1. The Balaban J connectivity index is 2.38. The molecule has 1 aliphatic heterocycles. The first kappa shape index (κ1) is 11.6. The van der Waals surface area contributed by atoms with Crippen LogP contribution in [0.3, 0.4) is 0 Å². The molecule has 0 saturated carbocycles. The van der Waals surface area contributed by atoms with E-state index in [0.29, 0.717) is 0 Å². The van der Waals surface area contributed by atoms with E-state index in [2.05, 4.69) is 4.98 Å². The SMILES string of the molecule is O=C(O)c1cccc(N2C(=O)CSCC2=O)n1. The summed E-state index contributed by atoms with van der Waals surface area (Å²) in [4.78, 5) is 38.6. The summed E-state index contributed by atoms with van der Waals surface area (Å²) in [5.74, 6) is -1.48. The highest BCUT2D eigenvalue weighted by atomic mass is 32.2. The van der Waals surface area contributed by atoms with Gasteiger partial charge in [0.25, 0.3) is 0 Å². The summed E-state index contributed by atoms with van der Waals surface area (Å²) in [5.41, 5.74) is -0.193. The van der Waals surface area contributed by atoms with Gasteiger partial charge in [0, 0.05) is 0 Å². The lowest BCUT2D eigenvalue weighted by atomic mass is 10.3. The van der Waals surface area contributed by atoms with Crippen LogP contribution in [-0.4, -0.2) is 39.4 Å². The third kappa shape index (κ3) is 2.28. The van der Waals surface area contributed by atoms with Crippen LogP contribution < -0.4 is 4.90 Å². The zero-order valence-electron chi connectivity index (χ0n) is 8.62. The largest absolute Gasteiger partial charge is 0.477 e. The summed E-state index contributed by atoms with van der Waals surface area (Å²) in [5, 5.41) is 8.78. The van der Waals surface area contributed by atoms with Crippen LogP contribution >= 0.6 is 11.8 Å². The Morgan fingerprint density at radius 3 is 2.53 bits per heavy atom. The Hall–Kier alpha value is -1.89. The van der Waals surface area contributed by atoms with Gasteiger partial charge in [-0.1, -0.05) is 6.07 Å². The minimum absolute atomic E-state index is 0.0696. The number of anilines is 1. The predicted molar refractivity (Wildman–Crippen MR) is 61.0 cm³/mol. The van der Waals surface area contributed by atoms with Crippen LogP contribution in [-0.2, 0) is 9.59 Å². The number of aromatic carboxylic acids is 1. The van der Waals surface area contributed by atoms with Gasteiger partial charge in [-0.25, -0.2) is 14.7 Å². The van der Waals surface area contributed by atoms with Gasteiger partial charge in [-0.05, 0) is 12.1 Å². The van der Waals surface area contributed by atoms with Gasteiger partial charge < -0.3 is 5.11 Å². The zero-order valence-corrected chi connectivity index (χ0v) is 9.44. The number of aromatic nitrogens is 1. The lowest BCUT2D eigenvalue weighted by Crippen LogP contribution is -2.43. The molecule has 0 bridgehead atoms. The molecule has 0 spiro atoms. The summed E-state index contributed by atoms with van der Waals surface area (Å²) in [6, 6.07) is 4.20. The van der Waals surface area contributed by atoms with E-state index >= 15 is 0 Å². The van der Waals surface area contributed by atoms with Gasteiger partial charge in [0.05, 0.1) is 11.5 Å². The number of nitrogens with zero attached hydrogens (tertiary/aromatic N) is 2. The normalized spacial score (nSPS) is 16.1. The number of carboxylic acids is 1. The van der Waals surface area contributed by atoms with E-state index in [9.17, 15) is 14.4 Å². The lowest BCUT2D eigenvalue weighted by molar-refractivity contribution is -0.124. The van der Waals surface area contributed by atoms with Gasteiger partial charge in [0.2, 0.25) is 11.8 Å². The van der Waals surface area contributed by atoms with Gasteiger partial charge in [-0.3, -0.25) is 9.59 Å². The first-order chi connectivity index (χ1) is 8.09. The number of hydrogen-bond acceptors (Lipinski definition) is 5. The van der Waals surface area contributed by atoms with Gasteiger partial charge in [-0.15, -0.1) is 11.8 Å². The molecule has 17 heavy (non-hydrogen) atoms. The van der Waals surface area contributed by atoms with Crippen LogP contribution in [0.15, 0.2) is 18.2 Å². The average molecular weight is 252 g/mol. The average Bonchev–Trinajstić information content (AvgIpc) is 2.29. The third-order valence-corrected chi connectivity index (χ3v) is 3.03. The van der Waals surface area contributed by atoms with Crippen molar-refractivity contribution in [2.75, 3.05) is 16.4 Å². The van der Waals surface area contributed by atoms with Crippen LogP contribution in [0.25, 0.3) is 0 Å². The molecule has 0 unspecified atom stereocenters. The van der Waals surface area contributed by atoms with E-state index in [-0.39, 0.29) is 34.8 Å². The zero-order chi connectivity index (χ0) is 12.4. The van der Waals surface area contributed by atoms with E-state index in [4.69, 9.17) is 5.11 Å². The van der Waals surface area contributed by atoms with Crippen LogP contribution in [0.4, 0.5) is 5.82 Å². The number of carbonyl (C=O) groups is 3. The molecular formula is C10H8N2O4S. The second-order valence-electron chi connectivity index (χ2n) is 3.30. The van der Waals surface area contributed by atoms with Gasteiger partial charge in [0.1, 0.15) is 5.82 Å².